The summed E-state index contributed by atoms with van der Waals surface area (Å²) in [6.45, 7) is 1.49. The summed E-state index contributed by atoms with van der Waals surface area (Å²) in [5.74, 6) is -0.618. The van der Waals surface area contributed by atoms with Crippen LogP contribution in [0.2, 0.25) is 5.02 Å². The first-order valence-corrected chi connectivity index (χ1v) is 4.98. The number of nitro groups is 1. The molecule has 6 nitrogen and oxygen atoms in total. The van der Waals surface area contributed by atoms with Crippen LogP contribution in [-0.4, -0.2) is 16.9 Å². The molecular formula is C10H8ClN3O3. The Hall–Kier alpha value is -2.13. The summed E-state index contributed by atoms with van der Waals surface area (Å²) in [5, 5.41) is 21.3. The Balaban J connectivity index is 3.08. The van der Waals surface area contributed by atoms with E-state index in [0.717, 1.165) is 0 Å². The normalized spacial score (nSPS) is 11.4. The molecule has 88 valence electrons. The molecule has 0 heterocycles. The second-order valence-electron chi connectivity index (χ2n) is 3.22. The van der Waals surface area contributed by atoms with Gasteiger partial charge in [0, 0.05) is 6.07 Å². The van der Waals surface area contributed by atoms with E-state index in [1.165, 1.54) is 25.1 Å². The van der Waals surface area contributed by atoms with E-state index in [4.69, 9.17) is 16.9 Å². The van der Waals surface area contributed by atoms with Gasteiger partial charge in [0.15, 0.2) is 0 Å². The Kier molecular flexibility index (Phi) is 4.01. The van der Waals surface area contributed by atoms with Crippen LogP contribution in [0.25, 0.3) is 0 Å². The Morgan fingerprint density at radius 1 is 1.65 bits per heavy atom. The Morgan fingerprint density at radius 2 is 2.29 bits per heavy atom. The molecule has 0 aromatic heterocycles. The molecule has 0 bridgehead atoms. The van der Waals surface area contributed by atoms with Crippen LogP contribution < -0.4 is 5.32 Å². The second kappa shape index (κ2) is 5.27. The van der Waals surface area contributed by atoms with E-state index in [-0.39, 0.29) is 16.3 Å². The summed E-state index contributed by atoms with van der Waals surface area (Å²) in [7, 11) is 0. The summed E-state index contributed by atoms with van der Waals surface area (Å²) in [6.07, 6.45) is 0. The van der Waals surface area contributed by atoms with Crippen molar-refractivity contribution in [3.8, 4) is 6.07 Å². The van der Waals surface area contributed by atoms with Crippen molar-refractivity contribution in [3.05, 3.63) is 38.9 Å². The minimum atomic E-state index is -0.696. The van der Waals surface area contributed by atoms with E-state index in [9.17, 15) is 14.9 Å². The molecule has 0 aliphatic carbocycles. The molecule has 1 unspecified atom stereocenters. The molecular weight excluding hydrogens is 246 g/mol. The van der Waals surface area contributed by atoms with Crippen LogP contribution in [0.1, 0.15) is 17.3 Å². The molecule has 0 aliphatic rings. The molecule has 1 rings (SSSR count). The van der Waals surface area contributed by atoms with Crippen LogP contribution >= 0.6 is 11.6 Å². The third-order valence-electron chi connectivity index (χ3n) is 1.96. The van der Waals surface area contributed by atoms with Crippen LogP contribution in [0.15, 0.2) is 18.2 Å². The standard InChI is InChI=1S/C10H8ClN3O3/c1-6(5-12)13-10(15)7-3-2-4-8(9(7)11)14(16)17/h2-4,6H,1H3,(H,13,15). The maximum absolute atomic E-state index is 11.6. The first-order chi connectivity index (χ1) is 7.97. The fourth-order valence-corrected chi connectivity index (χ4v) is 1.42. The van der Waals surface area contributed by atoms with Crippen molar-refractivity contribution in [1.82, 2.24) is 5.32 Å². The third kappa shape index (κ3) is 2.92. The van der Waals surface area contributed by atoms with E-state index in [0.29, 0.717) is 0 Å². The van der Waals surface area contributed by atoms with Crippen molar-refractivity contribution < 1.29 is 9.72 Å². The van der Waals surface area contributed by atoms with Crippen molar-refractivity contribution in [2.45, 2.75) is 13.0 Å². The summed E-state index contributed by atoms with van der Waals surface area (Å²) in [6, 6.07) is 5.03. The molecule has 0 spiro atoms. The molecule has 0 radical (unpaired) electrons. The fraction of sp³-hybridized carbons (Fsp3) is 0.200. The van der Waals surface area contributed by atoms with Crippen LogP contribution in [-0.2, 0) is 0 Å². The SMILES string of the molecule is CC(C#N)NC(=O)c1cccc([N+](=O)[O-])c1Cl. The van der Waals surface area contributed by atoms with Crippen molar-refractivity contribution >= 4 is 23.2 Å². The lowest BCUT2D eigenvalue weighted by molar-refractivity contribution is -0.384. The van der Waals surface area contributed by atoms with Gasteiger partial charge < -0.3 is 5.32 Å². The molecule has 0 aliphatic heterocycles. The van der Waals surface area contributed by atoms with Crippen molar-refractivity contribution in [1.29, 1.82) is 5.26 Å². The second-order valence-corrected chi connectivity index (χ2v) is 3.60. The van der Waals surface area contributed by atoms with E-state index in [2.05, 4.69) is 5.32 Å². The molecule has 1 aromatic rings. The highest BCUT2D eigenvalue weighted by Crippen LogP contribution is 2.27. The lowest BCUT2D eigenvalue weighted by Crippen LogP contribution is -2.31. The van der Waals surface area contributed by atoms with Gasteiger partial charge in [-0.15, -0.1) is 0 Å². The van der Waals surface area contributed by atoms with Crippen LogP contribution in [0.3, 0.4) is 0 Å². The number of nitro benzene ring substituents is 1. The molecule has 0 fully saturated rings. The minimum absolute atomic E-state index is 0.0250. The molecule has 1 aromatic carbocycles. The van der Waals surface area contributed by atoms with Gasteiger partial charge in [0.25, 0.3) is 11.6 Å². The largest absolute Gasteiger partial charge is 0.336 e. The maximum Gasteiger partial charge on any atom is 0.288 e. The molecule has 0 saturated heterocycles. The molecule has 0 saturated carbocycles. The Morgan fingerprint density at radius 3 is 2.82 bits per heavy atom. The van der Waals surface area contributed by atoms with Gasteiger partial charge in [-0.05, 0) is 13.0 Å². The van der Waals surface area contributed by atoms with E-state index >= 15 is 0 Å². The van der Waals surface area contributed by atoms with E-state index in [1.807, 2.05) is 6.07 Å². The number of carbonyl (C=O) groups is 1. The average molecular weight is 254 g/mol. The van der Waals surface area contributed by atoms with Gasteiger partial charge in [-0.25, -0.2) is 0 Å². The predicted molar refractivity (Wildman–Crippen MR) is 60.6 cm³/mol. The third-order valence-corrected chi connectivity index (χ3v) is 2.36. The number of nitrogens with one attached hydrogen (secondary N) is 1. The number of benzene rings is 1. The highest BCUT2D eigenvalue weighted by atomic mass is 35.5. The van der Waals surface area contributed by atoms with E-state index < -0.39 is 16.9 Å². The molecule has 17 heavy (non-hydrogen) atoms. The summed E-state index contributed by atoms with van der Waals surface area (Å²) >= 11 is 5.74. The number of nitriles is 1. The van der Waals surface area contributed by atoms with Crippen LogP contribution in [0.5, 0.6) is 0 Å². The van der Waals surface area contributed by atoms with Gasteiger partial charge in [-0.3, -0.25) is 14.9 Å². The minimum Gasteiger partial charge on any atom is -0.336 e. The summed E-state index contributed by atoms with van der Waals surface area (Å²) in [5.41, 5.74) is -0.369. The quantitative estimate of drug-likeness (QED) is 0.657. The number of hydrogen-bond donors (Lipinski definition) is 1. The van der Waals surface area contributed by atoms with Gasteiger partial charge in [0.2, 0.25) is 0 Å². The van der Waals surface area contributed by atoms with Gasteiger partial charge in [-0.2, -0.15) is 5.26 Å². The van der Waals surface area contributed by atoms with Gasteiger partial charge >= 0.3 is 0 Å². The Bertz CT molecular complexity index is 510. The van der Waals surface area contributed by atoms with Gasteiger partial charge in [-0.1, -0.05) is 17.7 Å². The number of nitrogens with zero attached hydrogens (tertiary/aromatic N) is 2. The average Bonchev–Trinajstić information content (AvgIpc) is 2.28. The summed E-state index contributed by atoms with van der Waals surface area (Å²) < 4.78 is 0. The number of halogens is 1. The maximum atomic E-state index is 11.6. The topological polar surface area (TPSA) is 96.0 Å². The highest BCUT2D eigenvalue weighted by molar-refractivity contribution is 6.35. The lowest BCUT2D eigenvalue weighted by atomic mass is 10.1. The molecule has 1 N–H and O–H groups in total. The fourth-order valence-electron chi connectivity index (χ4n) is 1.14. The van der Waals surface area contributed by atoms with Crippen LogP contribution in [0, 0.1) is 21.4 Å². The first kappa shape index (κ1) is 12.9. The van der Waals surface area contributed by atoms with Crippen molar-refractivity contribution in [2.24, 2.45) is 0 Å². The molecule has 7 heteroatoms. The number of amides is 1. The number of carbonyl (C=O) groups excluding carboxylic acids is 1. The number of hydrogen-bond acceptors (Lipinski definition) is 4. The zero-order chi connectivity index (χ0) is 13.0. The predicted octanol–water partition coefficient (Wildman–Crippen LogP) is 1.89. The van der Waals surface area contributed by atoms with Gasteiger partial charge in [0.1, 0.15) is 11.1 Å². The molecule has 1 amide bonds. The molecule has 1 atom stereocenters. The number of rotatable bonds is 3. The highest BCUT2D eigenvalue weighted by Gasteiger charge is 2.20. The zero-order valence-electron chi connectivity index (χ0n) is 8.81. The monoisotopic (exact) mass is 253 g/mol. The van der Waals surface area contributed by atoms with Crippen molar-refractivity contribution in [3.63, 3.8) is 0 Å². The lowest BCUT2D eigenvalue weighted by Gasteiger charge is -2.07. The summed E-state index contributed by atoms with van der Waals surface area (Å²) in [4.78, 5) is 21.6. The smallest absolute Gasteiger partial charge is 0.288 e. The Labute approximate surface area is 102 Å². The van der Waals surface area contributed by atoms with Crippen molar-refractivity contribution in [2.75, 3.05) is 0 Å². The first-order valence-electron chi connectivity index (χ1n) is 4.60. The van der Waals surface area contributed by atoms with E-state index in [1.54, 1.807) is 0 Å². The van der Waals surface area contributed by atoms with Crippen LogP contribution in [0.4, 0.5) is 5.69 Å². The van der Waals surface area contributed by atoms with Gasteiger partial charge in [0.05, 0.1) is 16.6 Å². The zero-order valence-corrected chi connectivity index (χ0v) is 9.56.